The van der Waals surface area contributed by atoms with Gasteiger partial charge in [-0.1, -0.05) is 0 Å². The Kier molecular flexibility index (Phi) is 2.21. The Bertz CT molecular complexity index is 182. The molecule has 0 radical (unpaired) electrons. The van der Waals surface area contributed by atoms with Gasteiger partial charge in [0.1, 0.15) is 0 Å². The van der Waals surface area contributed by atoms with Gasteiger partial charge in [-0.2, -0.15) is 0 Å². The molecule has 0 aromatic heterocycles. The topological polar surface area (TPSA) is 38.8 Å². The molecule has 4 nitrogen and oxygen atoms in total. The van der Waals surface area contributed by atoms with Crippen LogP contribution in [-0.2, 0) is 27.3 Å². The molecule has 0 aliphatic carbocycles. The molecule has 63 valence electrons. The van der Waals surface area contributed by atoms with E-state index in [0.717, 1.165) is 19.6 Å². The molecule has 0 aromatic rings. The van der Waals surface area contributed by atoms with Gasteiger partial charge in [-0.25, -0.2) is 0 Å². The summed E-state index contributed by atoms with van der Waals surface area (Å²) in [7, 11) is 0. The minimum atomic E-state index is -3.43. The molecule has 5 heteroatoms. The molecule has 2 aliphatic heterocycles. The third-order valence-electron chi connectivity index (χ3n) is 2.19. The van der Waals surface area contributed by atoms with Crippen molar-refractivity contribution in [2.75, 3.05) is 32.8 Å². The van der Waals surface area contributed by atoms with Crippen molar-refractivity contribution in [1.82, 2.24) is 4.90 Å². The molecular formula is C6H12NO3Ti. The van der Waals surface area contributed by atoms with Gasteiger partial charge in [0, 0.05) is 0 Å². The van der Waals surface area contributed by atoms with Crippen molar-refractivity contribution in [3.63, 3.8) is 0 Å². The van der Waals surface area contributed by atoms with Gasteiger partial charge in [-0.05, 0) is 0 Å². The predicted octanol–water partition coefficient (Wildman–Crippen LogP) is 0.0965. The second-order valence-electron chi connectivity index (χ2n) is 2.97. The van der Waals surface area contributed by atoms with E-state index in [2.05, 4.69) is 4.90 Å². The molecule has 0 aromatic carbocycles. The van der Waals surface area contributed by atoms with Crippen LogP contribution >= 0.6 is 0 Å². The molecule has 0 spiro atoms. The van der Waals surface area contributed by atoms with E-state index in [9.17, 15) is 3.32 Å². The van der Waals surface area contributed by atoms with Crippen molar-refractivity contribution >= 4 is 0 Å². The van der Waals surface area contributed by atoms with E-state index in [-0.39, 0.29) is 0 Å². The van der Waals surface area contributed by atoms with Crippen LogP contribution in [0.3, 0.4) is 0 Å². The number of hydrogen-bond acceptors (Lipinski definition) is 4. The molecule has 11 heavy (non-hydrogen) atoms. The van der Waals surface area contributed by atoms with Gasteiger partial charge in [-0.3, -0.25) is 0 Å². The van der Waals surface area contributed by atoms with Gasteiger partial charge < -0.3 is 0 Å². The molecule has 2 aliphatic rings. The fourth-order valence-electron chi connectivity index (χ4n) is 1.48. The molecule has 2 fully saturated rings. The van der Waals surface area contributed by atoms with Crippen LogP contribution < -0.4 is 0 Å². The summed E-state index contributed by atoms with van der Waals surface area (Å²) in [4.78, 5) is 2.25. The number of hydrogen-bond donors (Lipinski definition) is 0. The maximum atomic E-state index is 11.7. The molecule has 0 amide bonds. The average Bonchev–Trinajstić information content (AvgIpc) is 2.19. The van der Waals surface area contributed by atoms with Gasteiger partial charge in [0.2, 0.25) is 0 Å². The van der Waals surface area contributed by atoms with Crippen LogP contribution in [0.5, 0.6) is 0 Å². The quantitative estimate of drug-likeness (QED) is 0.512. The van der Waals surface area contributed by atoms with Crippen molar-refractivity contribution in [2.24, 2.45) is 0 Å². The van der Waals surface area contributed by atoms with E-state index >= 15 is 0 Å². The summed E-state index contributed by atoms with van der Waals surface area (Å²) < 4.78 is 22.8. The monoisotopic (exact) mass is 194 g/mol. The van der Waals surface area contributed by atoms with E-state index in [0.29, 0.717) is 17.9 Å². The summed E-state index contributed by atoms with van der Waals surface area (Å²) in [6, 6.07) is 0. The summed E-state index contributed by atoms with van der Waals surface area (Å²) in [6.07, 6.45) is 0. The standard InChI is InChI=1S/C6H12NO2.O.Ti/c1-2-7(3-5-8)4-6-9;;/h1-6H2;;/q-2;;+2. The molecular weight excluding hydrogens is 182 g/mol. The van der Waals surface area contributed by atoms with Crippen molar-refractivity contribution in [1.29, 1.82) is 0 Å². The van der Waals surface area contributed by atoms with E-state index in [1.165, 1.54) is 0 Å². The van der Waals surface area contributed by atoms with Gasteiger partial charge >= 0.3 is 69.8 Å². The first kappa shape index (κ1) is 8.01. The van der Waals surface area contributed by atoms with E-state index in [4.69, 9.17) is 6.64 Å². The number of nitrogens with zero attached hydrogens (tertiary/aromatic N) is 1. The third kappa shape index (κ3) is 1.76. The Hall–Kier alpha value is 0.394. The minimum absolute atomic E-state index is 0.587. The van der Waals surface area contributed by atoms with Gasteiger partial charge in [0.25, 0.3) is 0 Å². The zero-order chi connectivity index (χ0) is 7.73. The molecule has 0 saturated carbocycles. The Morgan fingerprint density at radius 3 is 2.36 bits per heavy atom. The van der Waals surface area contributed by atoms with Crippen LogP contribution in [0.25, 0.3) is 0 Å². The van der Waals surface area contributed by atoms with Crippen molar-refractivity contribution < 1.29 is 27.3 Å². The van der Waals surface area contributed by atoms with Gasteiger partial charge in [-0.15, -0.1) is 0 Å². The van der Waals surface area contributed by atoms with Gasteiger partial charge in [0.05, 0.1) is 0 Å². The fourth-order valence-corrected chi connectivity index (χ4v) is 4.24. The Labute approximate surface area is 70.1 Å². The molecule has 2 rings (SSSR count). The Morgan fingerprint density at radius 1 is 1.09 bits per heavy atom. The van der Waals surface area contributed by atoms with Crippen molar-refractivity contribution in [3.05, 3.63) is 0 Å². The first-order valence-electron chi connectivity index (χ1n) is 3.99. The average molecular weight is 194 g/mol. The maximum absolute atomic E-state index is 11.7. The molecule has 0 N–H and O–H groups in total. The zero-order valence-electron chi connectivity index (χ0n) is 6.41. The molecule has 2 saturated heterocycles. The van der Waals surface area contributed by atoms with Crippen molar-refractivity contribution in [2.45, 2.75) is 4.73 Å². The van der Waals surface area contributed by atoms with E-state index in [1.807, 2.05) is 0 Å². The second-order valence-corrected chi connectivity index (χ2v) is 6.79. The summed E-state index contributed by atoms with van der Waals surface area (Å²) in [6.45, 7) is 3.90. The Morgan fingerprint density at radius 2 is 1.73 bits per heavy atom. The normalized spacial score (nSPS) is 44.9. The van der Waals surface area contributed by atoms with Crippen LogP contribution in [0, 0.1) is 0 Å². The second kappa shape index (κ2) is 3.03. The first-order chi connectivity index (χ1) is 5.29. The van der Waals surface area contributed by atoms with Crippen molar-refractivity contribution in [3.8, 4) is 0 Å². The predicted molar refractivity (Wildman–Crippen MR) is 33.8 cm³/mol. The van der Waals surface area contributed by atoms with E-state index in [1.54, 1.807) is 0 Å². The third-order valence-corrected chi connectivity index (χ3v) is 5.51. The van der Waals surface area contributed by atoms with Gasteiger partial charge in [0.15, 0.2) is 0 Å². The molecule has 2 bridgehead atoms. The molecule has 2 heterocycles. The Balaban J connectivity index is 2.17. The number of fused-ring (bicyclic) bond motifs is 3. The first-order valence-corrected chi connectivity index (χ1v) is 7.01. The summed E-state index contributed by atoms with van der Waals surface area (Å²) >= 11 is -3.43. The zero-order valence-corrected chi connectivity index (χ0v) is 7.98. The number of rotatable bonds is 0. The van der Waals surface area contributed by atoms with Crippen LogP contribution in [0.15, 0.2) is 0 Å². The summed E-state index contributed by atoms with van der Waals surface area (Å²) in [5.41, 5.74) is 0. The molecule has 0 atom stereocenters. The SMILES string of the molecule is [O]=[Ti]12[CH2]CN(CC[O]1)CC[O]2. The van der Waals surface area contributed by atoms with Crippen LogP contribution in [-0.4, -0.2) is 37.7 Å². The summed E-state index contributed by atoms with van der Waals surface area (Å²) in [5, 5.41) is 0. The fraction of sp³-hybridized carbons (Fsp3) is 1.00. The molecule has 0 unspecified atom stereocenters. The van der Waals surface area contributed by atoms with Crippen LogP contribution in [0.1, 0.15) is 0 Å². The summed E-state index contributed by atoms with van der Waals surface area (Å²) in [5.74, 6) is 0. The van der Waals surface area contributed by atoms with Crippen LogP contribution in [0.2, 0.25) is 4.73 Å². The van der Waals surface area contributed by atoms with Crippen LogP contribution in [0.4, 0.5) is 0 Å². The van der Waals surface area contributed by atoms with E-state index < -0.39 is 17.3 Å².